The monoisotopic (exact) mass is 241 g/mol. The number of nitrogens with zero attached hydrogens (tertiary/aromatic N) is 1. The average molecular weight is 241 g/mol. The van der Waals surface area contributed by atoms with Gasteiger partial charge in [-0.25, -0.2) is 0 Å². The molecule has 0 atom stereocenters. The summed E-state index contributed by atoms with van der Waals surface area (Å²) in [5, 5.41) is 4.00. The van der Waals surface area contributed by atoms with Crippen LogP contribution in [-0.2, 0) is 5.60 Å². The molecule has 1 aliphatic heterocycles. The Morgan fingerprint density at radius 2 is 1.89 bits per heavy atom. The SMILES string of the molecule is c1ccc2c(c1)OC1(CCCCC1)c1cnoc1-2. The van der Waals surface area contributed by atoms with E-state index in [-0.39, 0.29) is 5.60 Å². The van der Waals surface area contributed by atoms with Gasteiger partial charge in [0, 0.05) is 0 Å². The fourth-order valence-electron chi connectivity index (χ4n) is 3.26. The van der Waals surface area contributed by atoms with Gasteiger partial charge in [-0.05, 0) is 37.8 Å². The zero-order chi connectivity index (χ0) is 12.0. The Balaban J connectivity index is 1.92. The van der Waals surface area contributed by atoms with E-state index in [4.69, 9.17) is 9.26 Å². The van der Waals surface area contributed by atoms with E-state index >= 15 is 0 Å². The van der Waals surface area contributed by atoms with Crippen LogP contribution in [0.4, 0.5) is 0 Å². The zero-order valence-corrected chi connectivity index (χ0v) is 10.2. The van der Waals surface area contributed by atoms with Crippen molar-refractivity contribution in [1.29, 1.82) is 0 Å². The minimum absolute atomic E-state index is 0.193. The lowest BCUT2D eigenvalue weighted by Gasteiger charge is -2.40. The highest BCUT2D eigenvalue weighted by Gasteiger charge is 2.44. The van der Waals surface area contributed by atoms with E-state index in [9.17, 15) is 0 Å². The first-order chi connectivity index (χ1) is 8.89. The lowest BCUT2D eigenvalue weighted by Crippen LogP contribution is -2.37. The van der Waals surface area contributed by atoms with Gasteiger partial charge in [0.25, 0.3) is 0 Å². The topological polar surface area (TPSA) is 35.3 Å². The molecule has 92 valence electrons. The van der Waals surface area contributed by atoms with Crippen LogP contribution in [0.1, 0.15) is 37.7 Å². The van der Waals surface area contributed by atoms with Gasteiger partial charge in [0.05, 0.1) is 17.3 Å². The molecule has 0 amide bonds. The van der Waals surface area contributed by atoms with E-state index in [1.54, 1.807) is 0 Å². The Labute approximate surface area is 106 Å². The smallest absolute Gasteiger partial charge is 0.177 e. The molecule has 18 heavy (non-hydrogen) atoms. The zero-order valence-electron chi connectivity index (χ0n) is 10.2. The molecule has 1 fully saturated rings. The number of fused-ring (bicyclic) bond motifs is 4. The molecule has 3 heteroatoms. The maximum atomic E-state index is 6.35. The van der Waals surface area contributed by atoms with Crippen molar-refractivity contribution in [2.24, 2.45) is 0 Å². The number of hydrogen-bond donors (Lipinski definition) is 0. The largest absolute Gasteiger partial charge is 0.482 e. The van der Waals surface area contributed by atoms with Crippen molar-refractivity contribution in [2.45, 2.75) is 37.7 Å². The van der Waals surface area contributed by atoms with E-state index in [1.165, 1.54) is 19.3 Å². The summed E-state index contributed by atoms with van der Waals surface area (Å²) in [6.07, 6.45) is 7.70. The van der Waals surface area contributed by atoms with Crippen LogP contribution in [0, 0.1) is 0 Å². The molecule has 0 N–H and O–H groups in total. The Morgan fingerprint density at radius 3 is 2.78 bits per heavy atom. The lowest BCUT2D eigenvalue weighted by molar-refractivity contribution is 0.0231. The second-order valence-corrected chi connectivity index (χ2v) is 5.22. The number of para-hydroxylation sites is 1. The number of rotatable bonds is 0. The van der Waals surface area contributed by atoms with Gasteiger partial charge in [0.15, 0.2) is 5.76 Å². The van der Waals surface area contributed by atoms with Crippen LogP contribution in [0.25, 0.3) is 11.3 Å². The van der Waals surface area contributed by atoms with Crippen LogP contribution in [-0.4, -0.2) is 5.16 Å². The molecular weight excluding hydrogens is 226 g/mol. The van der Waals surface area contributed by atoms with Gasteiger partial charge in [-0.15, -0.1) is 0 Å². The van der Waals surface area contributed by atoms with Crippen LogP contribution in [0.2, 0.25) is 0 Å². The Kier molecular flexibility index (Phi) is 2.04. The molecule has 1 aliphatic carbocycles. The van der Waals surface area contributed by atoms with Crippen molar-refractivity contribution in [3.63, 3.8) is 0 Å². The standard InChI is InChI=1S/C15H15NO2/c1-4-8-15(9-5-1)12-10-16-18-14(12)11-6-2-3-7-13(11)17-15/h2-3,6-7,10H,1,4-5,8-9H2. The third kappa shape index (κ3) is 1.27. The van der Waals surface area contributed by atoms with Crippen molar-refractivity contribution in [3.8, 4) is 17.1 Å². The van der Waals surface area contributed by atoms with Gasteiger partial charge in [0.2, 0.25) is 0 Å². The first-order valence-electron chi connectivity index (χ1n) is 6.63. The van der Waals surface area contributed by atoms with Gasteiger partial charge in [0.1, 0.15) is 11.4 Å². The molecule has 1 aromatic carbocycles. The van der Waals surface area contributed by atoms with Gasteiger partial charge in [-0.2, -0.15) is 0 Å². The predicted octanol–water partition coefficient (Wildman–Crippen LogP) is 3.89. The summed E-state index contributed by atoms with van der Waals surface area (Å²) < 4.78 is 11.8. The molecule has 0 unspecified atom stereocenters. The van der Waals surface area contributed by atoms with Gasteiger partial charge in [-0.3, -0.25) is 0 Å². The lowest BCUT2D eigenvalue weighted by atomic mass is 9.77. The number of hydrogen-bond acceptors (Lipinski definition) is 3. The van der Waals surface area contributed by atoms with Crippen molar-refractivity contribution >= 4 is 0 Å². The second-order valence-electron chi connectivity index (χ2n) is 5.22. The van der Waals surface area contributed by atoms with E-state index in [0.29, 0.717) is 0 Å². The van der Waals surface area contributed by atoms with Gasteiger partial charge in [-0.1, -0.05) is 23.7 Å². The molecule has 2 aliphatic rings. The van der Waals surface area contributed by atoms with Crippen molar-refractivity contribution in [1.82, 2.24) is 5.16 Å². The molecule has 2 heterocycles. The third-order valence-electron chi connectivity index (χ3n) is 4.16. The molecule has 0 saturated heterocycles. The van der Waals surface area contributed by atoms with E-state index < -0.39 is 0 Å². The van der Waals surface area contributed by atoms with E-state index in [0.717, 1.165) is 35.5 Å². The maximum absolute atomic E-state index is 6.35. The Hall–Kier alpha value is -1.77. The van der Waals surface area contributed by atoms with Crippen LogP contribution < -0.4 is 4.74 Å². The summed E-state index contributed by atoms with van der Waals surface area (Å²) >= 11 is 0. The molecule has 0 radical (unpaired) electrons. The van der Waals surface area contributed by atoms with Crippen LogP contribution in [0.15, 0.2) is 35.0 Å². The fraction of sp³-hybridized carbons (Fsp3) is 0.400. The van der Waals surface area contributed by atoms with Gasteiger partial charge < -0.3 is 9.26 Å². The Bertz CT molecular complexity index is 582. The van der Waals surface area contributed by atoms with Crippen LogP contribution >= 0.6 is 0 Å². The fourth-order valence-corrected chi connectivity index (χ4v) is 3.26. The summed E-state index contributed by atoms with van der Waals surface area (Å²) in [5.41, 5.74) is 1.98. The molecule has 1 spiro atoms. The highest BCUT2D eigenvalue weighted by atomic mass is 16.5. The average Bonchev–Trinajstić information content (AvgIpc) is 2.90. The van der Waals surface area contributed by atoms with Crippen molar-refractivity contribution in [3.05, 3.63) is 36.0 Å². The third-order valence-corrected chi connectivity index (χ3v) is 4.16. The summed E-state index contributed by atoms with van der Waals surface area (Å²) in [6, 6.07) is 8.08. The number of ether oxygens (including phenoxy) is 1. The molecule has 0 bridgehead atoms. The van der Waals surface area contributed by atoms with Crippen LogP contribution in [0.5, 0.6) is 5.75 Å². The predicted molar refractivity (Wildman–Crippen MR) is 67.3 cm³/mol. The van der Waals surface area contributed by atoms with E-state index in [1.807, 2.05) is 30.5 Å². The van der Waals surface area contributed by atoms with E-state index in [2.05, 4.69) is 5.16 Å². The normalized spacial score (nSPS) is 20.0. The highest BCUT2D eigenvalue weighted by Crippen LogP contribution is 2.50. The first kappa shape index (κ1) is 10.2. The molecule has 4 rings (SSSR count). The minimum Gasteiger partial charge on any atom is -0.482 e. The van der Waals surface area contributed by atoms with Crippen molar-refractivity contribution < 1.29 is 9.26 Å². The van der Waals surface area contributed by atoms with Crippen molar-refractivity contribution in [2.75, 3.05) is 0 Å². The number of aromatic nitrogens is 1. The summed E-state index contributed by atoms with van der Waals surface area (Å²) in [6.45, 7) is 0. The quantitative estimate of drug-likeness (QED) is 0.701. The number of benzene rings is 1. The molecule has 2 aromatic rings. The molecule has 1 saturated carbocycles. The summed E-state index contributed by atoms with van der Waals surface area (Å²) in [4.78, 5) is 0. The van der Waals surface area contributed by atoms with Gasteiger partial charge >= 0.3 is 0 Å². The van der Waals surface area contributed by atoms with Crippen LogP contribution in [0.3, 0.4) is 0 Å². The Morgan fingerprint density at radius 1 is 1.06 bits per heavy atom. The summed E-state index contributed by atoms with van der Waals surface area (Å²) in [7, 11) is 0. The molecular formula is C15H15NO2. The highest BCUT2D eigenvalue weighted by molar-refractivity contribution is 5.71. The maximum Gasteiger partial charge on any atom is 0.177 e. The minimum atomic E-state index is -0.193. The molecule has 3 nitrogen and oxygen atoms in total. The second kappa shape index (κ2) is 3.61. The summed E-state index contributed by atoms with van der Waals surface area (Å²) in [5.74, 6) is 1.84. The molecule has 1 aromatic heterocycles. The first-order valence-corrected chi connectivity index (χ1v) is 6.63.